The van der Waals surface area contributed by atoms with E-state index in [0.29, 0.717) is 6.42 Å². The quantitative estimate of drug-likeness (QED) is 0.863. The molecule has 2 aromatic carbocycles. The van der Waals surface area contributed by atoms with Crippen LogP contribution in [0.2, 0.25) is 0 Å². The summed E-state index contributed by atoms with van der Waals surface area (Å²) in [6.45, 7) is 0. The van der Waals surface area contributed by atoms with Gasteiger partial charge in [0, 0.05) is 0 Å². The zero-order valence-electron chi connectivity index (χ0n) is 9.91. The van der Waals surface area contributed by atoms with Crippen molar-refractivity contribution in [1.82, 2.24) is 0 Å². The molecule has 0 amide bonds. The molecule has 1 atom stereocenters. The number of carboxylic acids is 1. The highest BCUT2D eigenvalue weighted by Crippen LogP contribution is 2.20. The first-order valence-electron chi connectivity index (χ1n) is 5.79. The molecule has 3 nitrogen and oxygen atoms in total. The van der Waals surface area contributed by atoms with E-state index in [-0.39, 0.29) is 0 Å². The second-order valence-corrected chi connectivity index (χ2v) is 4.22. The second-order valence-electron chi connectivity index (χ2n) is 4.22. The van der Waals surface area contributed by atoms with Gasteiger partial charge in [0.25, 0.3) is 0 Å². The van der Waals surface area contributed by atoms with Crippen molar-refractivity contribution >= 4 is 5.97 Å². The van der Waals surface area contributed by atoms with E-state index in [1.165, 1.54) is 0 Å². The first-order valence-corrected chi connectivity index (χ1v) is 5.79. The highest BCUT2D eigenvalue weighted by molar-refractivity contribution is 5.73. The van der Waals surface area contributed by atoms with Crippen LogP contribution in [0.5, 0.6) is 0 Å². The summed E-state index contributed by atoms with van der Waals surface area (Å²) >= 11 is 0. The lowest BCUT2D eigenvalue weighted by atomic mass is 10.00. The molecule has 0 aliphatic rings. The summed E-state index contributed by atoms with van der Waals surface area (Å²) < 4.78 is 0. The summed E-state index contributed by atoms with van der Waals surface area (Å²) in [5.74, 6) is -0.972. The molecule has 2 rings (SSSR count). The Bertz CT molecular complexity index is 537. The van der Waals surface area contributed by atoms with E-state index >= 15 is 0 Å². The Morgan fingerprint density at radius 1 is 1.06 bits per heavy atom. The number of nitrogens with two attached hydrogens (primary N) is 1. The van der Waals surface area contributed by atoms with Gasteiger partial charge in [0.05, 0.1) is 0 Å². The molecule has 0 aromatic heterocycles. The number of rotatable bonds is 4. The molecule has 3 heteroatoms. The summed E-state index contributed by atoms with van der Waals surface area (Å²) in [7, 11) is 0. The van der Waals surface area contributed by atoms with Gasteiger partial charge in [0.1, 0.15) is 6.04 Å². The van der Waals surface area contributed by atoms with Gasteiger partial charge in [0.15, 0.2) is 0 Å². The Balaban J connectivity index is 2.23. The van der Waals surface area contributed by atoms with Crippen molar-refractivity contribution in [2.75, 3.05) is 0 Å². The molecule has 0 saturated heterocycles. The zero-order valence-corrected chi connectivity index (χ0v) is 9.91. The molecule has 0 aliphatic carbocycles. The molecule has 18 heavy (non-hydrogen) atoms. The van der Waals surface area contributed by atoms with E-state index in [9.17, 15) is 4.79 Å². The van der Waals surface area contributed by atoms with Crippen molar-refractivity contribution in [2.24, 2.45) is 5.73 Å². The van der Waals surface area contributed by atoms with E-state index in [4.69, 9.17) is 10.8 Å². The third-order valence-corrected chi connectivity index (χ3v) is 2.81. The van der Waals surface area contributed by atoms with Gasteiger partial charge in [-0.3, -0.25) is 4.79 Å². The van der Waals surface area contributed by atoms with Crippen molar-refractivity contribution in [3.05, 3.63) is 60.2 Å². The molecule has 3 N–H and O–H groups in total. The number of hydrogen-bond donors (Lipinski definition) is 2. The monoisotopic (exact) mass is 241 g/mol. The van der Waals surface area contributed by atoms with Crippen molar-refractivity contribution in [3.63, 3.8) is 0 Å². The summed E-state index contributed by atoms with van der Waals surface area (Å²) in [4.78, 5) is 10.7. The Morgan fingerprint density at radius 2 is 1.72 bits per heavy atom. The number of aliphatic carboxylic acids is 1. The lowest BCUT2D eigenvalue weighted by Crippen LogP contribution is -2.32. The average Bonchev–Trinajstić information content (AvgIpc) is 2.40. The molecule has 92 valence electrons. The molecule has 0 aliphatic heterocycles. The fraction of sp³-hybridized carbons (Fsp3) is 0.133. The highest BCUT2D eigenvalue weighted by atomic mass is 16.4. The van der Waals surface area contributed by atoms with Gasteiger partial charge in [0.2, 0.25) is 0 Å². The van der Waals surface area contributed by atoms with Gasteiger partial charge in [-0.25, -0.2) is 0 Å². The minimum Gasteiger partial charge on any atom is -0.480 e. The molecule has 0 radical (unpaired) electrons. The Kier molecular flexibility index (Phi) is 3.75. The van der Waals surface area contributed by atoms with Crippen LogP contribution in [0.4, 0.5) is 0 Å². The fourth-order valence-electron chi connectivity index (χ4n) is 1.85. The van der Waals surface area contributed by atoms with Crippen molar-refractivity contribution in [1.29, 1.82) is 0 Å². The summed E-state index contributed by atoms with van der Waals surface area (Å²) in [6, 6.07) is 16.9. The van der Waals surface area contributed by atoms with Crippen LogP contribution >= 0.6 is 0 Å². The van der Waals surface area contributed by atoms with E-state index in [1.807, 2.05) is 54.6 Å². The van der Waals surface area contributed by atoms with Crippen molar-refractivity contribution < 1.29 is 9.90 Å². The van der Waals surface area contributed by atoms with Crippen LogP contribution in [-0.2, 0) is 11.2 Å². The normalized spacial score (nSPS) is 12.1. The van der Waals surface area contributed by atoms with Crippen molar-refractivity contribution in [2.45, 2.75) is 12.5 Å². The predicted octanol–water partition coefficient (Wildman–Crippen LogP) is 2.31. The van der Waals surface area contributed by atoms with Crippen LogP contribution in [0.3, 0.4) is 0 Å². The van der Waals surface area contributed by atoms with E-state index < -0.39 is 12.0 Å². The van der Waals surface area contributed by atoms with Gasteiger partial charge in [-0.05, 0) is 23.1 Å². The highest BCUT2D eigenvalue weighted by Gasteiger charge is 2.12. The fourth-order valence-corrected chi connectivity index (χ4v) is 1.85. The van der Waals surface area contributed by atoms with Crippen LogP contribution in [0.25, 0.3) is 11.1 Å². The van der Waals surface area contributed by atoms with Crippen LogP contribution in [-0.4, -0.2) is 17.1 Å². The molecule has 0 bridgehead atoms. The number of benzene rings is 2. The Morgan fingerprint density at radius 3 is 2.39 bits per heavy atom. The predicted molar refractivity (Wildman–Crippen MR) is 71.2 cm³/mol. The van der Waals surface area contributed by atoms with Gasteiger partial charge in [-0.1, -0.05) is 54.6 Å². The number of carbonyl (C=O) groups is 1. The van der Waals surface area contributed by atoms with Crippen LogP contribution in [0.1, 0.15) is 5.56 Å². The maximum atomic E-state index is 10.7. The largest absolute Gasteiger partial charge is 0.480 e. The lowest BCUT2D eigenvalue weighted by molar-refractivity contribution is -0.138. The minimum atomic E-state index is -0.972. The second kappa shape index (κ2) is 5.47. The Labute approximate surface area is 106 Å². The zero-order chi connectivity index (χ0) is 13.0. The summed E-state index contributed by atoms with van der Waals surface area (Å²) in [6.07, 6.45) is 0.343. The third-order valence-electron chi connectivity index (χ3n) is 2.81. The molecule has 0 heterocycles. The van der Waals surface area contributed by atoms with E-state index in [1.54, 1.807) is 0 Å². The first-order chi connectivity index (χ1) is 8.66. The molecule has 2 aromatic rings. The van der Waals surface area contributed by atoms with E-state index in [2.05, 4.69) is 0 Å². The number of hydrogen-bond acceptors (Lipinski definition) is 2. The third kappa shape index (κ3) is 2.96. The van der Waals surface area contributed by atoms with Crippen LogP contribution < -0.4 is 5.73 Å². The lowest BCUT2D eigenvalue weighted by Gasteiger charge is -2.08. The maximum Gasteiger partial charge on any atom is 0.320 e. The van der Waals surface area contributed by atoms with Gasteiger partial charge in [-0.2, -0.15) is 0 Å². The number of carboxylic acid groups (broad SMARTS) is 1. The summed E-state index contributed by atoms with van der Waals surface area (Å²) in [5.41, 5.74) is 8.66. The topological polar surface area (TPSA) is 63.3 Å². The first kappa shape index (κ1) is 12.3. The SMILES string of the molecule is N[C@@H](Cc1cccc(-c2ccccc2)c1)C(=O)O. The molecular formula is C15H15NO2. The minimum absolute atomic E-state index is 0.343. The maximum absolute atomic E-state index is 10.7. The Hall–Kier alpha value is -2.13. The van der Waals surface area contributed by atoms with Crippen LogP contribution in [0, 0.1) is 0 Å². The molecule has 0 unspecified atom stereocenters. The van der Waals surface area contributed by atoms with Gasteiger partial charge >= 0.3 is 5.97 Å². The molecule has 0 saturated carbocycles. The molecule has 0 fully saturated rings. The average molecular weight is 241 g/mol. The van der Waals surface area contributed by atoms with Gasteiger partial charge < -0.3 is 10.8 Å². The molecule has 0 spiro atoms. The van der Waals surface area contributed by atoms with E-state index in [0.717, 1.165) is 16.7 Å². The smallest absolute Gasteiger partial charge is 0.320 e. The van der Waals surface area contributed by atoms with Gasteiger partial charge in [-0.15, -0.1) is 0 Å². The standard InChI is InChI=1S/C15H15NO2/c16-14(15(17)18)10-11-5-4-8-13(9-11)12-6-2-1-3-7-12/h1-9,14H,10,16H2,(H,17,18)/t14-/m0/s1. The molecular weight excluding hydrogens is 226 g/mol. The summed E-state index contributed by atoms with van der Waals surface area (Å²) in [5, 5.41) is 8.80. The van der Waals surface area contributed by atoms with Crippen LogP contribution in [0.15, 0.2) is 54.6 Å². The van der Waals surface area contributed by atoms with Crippen molar-refractivity contribution in [3.8, 4) is 11.1 Å².